The highest BCUT2D eigenvalue weighted by Gasteiger charge is 2.42. The molecule has 5 rings (SSSR count). The summed E-state index contributed by atoms with van der Waals surface area (Å²) in [5, 5.41) is 6.97. The molecule has 1 aliphatic heterocycles. The number of carbonyl (C=O) groups excluding carboxylic acids is 1. The van der Waals surface area contributed by atoms with Crippen molar-refractivity contribution < 1.29 is 9.53 Å². The number of pyridine rings is 1. The predicted molar refractivity (Wildman–Crippen MR) is 154 cm³/mol. The summed E-state index contributed by atoms with van der Waals surface area (Å²) < 4.78 is 6.98. The second-order valence-electron chi connectivity index (χ2n) is 10.9. The number of carbonyl (C=O) groups is 1. The number of ether oxygens (including phenoxy) is 1. The van der Waals surface area contributed by atoms with Gasteiger partial charge in [0.15, 0.2) is 18.2 Å². The highest BCUT2D eigenvalue weighted by molar-refractivity contribution is 6.32. The van der Waals surface area contributed by atoms with Crippen LogP contribution in [0.15, 0.2) is 35.3 Å². The second kappa shape index (κ2) is 11.0. The number of nitrogens with zero attached hydrogens (tertiary/aromatic N) is 4. The van der Waals surface area contributed by atoms with Crippen LogP contribution in [0.25, 0.3) is 10.9 Å². The van der Waals surface area contributed by atoms with Gasteiger partial charge in [-0.25, -0.2) is 4.98 Å². The lowest BCUT2D eigenvalue weighted by atomic mass is 9.64. The number of anilines is 3. The highest BCUT2D eigenvalue weighted by Crippen LogP contribution is 2.42. The number of amides is 1. The van der Waals surface area contributed by atoms with Gasteiger partial charge in [-0.15, -0.1) is 0 Å². The van der Waals surface area contributed by atoms with Gasteiger partial charge in [-0.05, 0) is 60.8 Å². The molecule has 10 nitrogen and oxygen atoms in total. The lowest BCUT2D eigenvalue weighted by Gasteiger charge is -2.49. The largest absolute Gasteiger partial charge is 0.478 e. The Hall–Kier alpha value is -3.37. The summed E-state index contributed by atoms with van der Waals surface area (Å²) in [5.74, 6) is 3.09. The van der Waals surface area contributed by atoms with Crippen LogP contribution in [-0.2, 0) is 11.8 Å². The van der Waals surface area contributed by atoms with Crippen molar-refractivity contribution in [2.75, 3.05) is 37.0 Å². The number of hydrogen-bond donors (Lipinski definition) is 3. The Balaban J connectivity index is 1.39. The Morgan fingerprint density at radius 2 is 2.00 bits per heavy atom. The van der Waals surface area contributed by atoms with Crippen LogP contribution in [0.2, 0.25) is 5.02 Å². The number of likely N-dealkylation sites (N-methyl/N-ethyl adjacent to an activating group) is 1. The van der Waals surface area contributed by atoms with E-state index in [0.29, 0.717) is 40.5 Å². The standard InChI is InChI=1S/C28H36ClN7O3/c1-15-12-36(13-20(16(15)2)19-6-7-22(19)30)28-32-11-21(29)26(34-28)33-18-5-8-23-17(9-18)10-24(27(38)35(23)4)39-14-25(37)31-3/h5,8-11,15-16,19-20,22H,6-7,12-14,30H2,1-4H3,(H,31,37)(H,32,33,34). The molecule has 4 N–H and O–H groups in total. The van der Waals surface area contributed by atoms with Crippen LogP contribution in [0.1, 0.15) is 26.7 Å². The van der Waals surface area contributed by atoms with E-state index in [-0.39, 0.29) is 29.9 Å². The molecule has 1 saturated heterocycles. The van der Waals surface area contributed by atoms with Gasteiger partial charge in [0.25, 0.3) is 11.5 Å². The van der Waals surface area contributed by atoms with Crippen LogP contribution >= 0.6 is 11.6 Å². The third-order valence-corrected chi connectivity index (χ3v) is 8.83. The molecule has 1 aliphatic carbocycles. The molecule has 5 unspecified atom stereocenters. The van der Waals surface area contributed by atoms with Gasteiger partial charge in [-0.2, -0.15) is 4.98 Å². The number of fused-ring (bicyclic) bond motifs is 1. The molecule has 208 valence electrons. The van der Waals surface area contributed by atoms with Gasteiger partial charge in [-0.1, -0.05) is 25.4 Å². The van der Waals surface area contributed by atoms with Crippen LogP contribution in [0.3, 0.4) is 0 Å². The van der Waals surface area contributed by atoms with E-state index in [0.717, 1.165) is 36.1 Å². The number of halogens is 1. The molecule has 2 fully saturated rings. The Morgan fingerprint density at radius 3 is 2.69 bits per heavy atom. The topological polar surface area (TPSA) is 127 Å². The predicted octanol–water partition coefficient (Wildman–Crippen LogP) is 3.30. The molecule has 11 heteroatoms. The van der Waals surface area contributed by atoms with Crippen molar-refractivity contribution in [3.05, 3.63) is 45.8 Å². The number of nitrogens with one attached hydrogen (secondary N) is 2. The zero-order valence-corrected chi connectivity index (χ0v) is 23.5. The molecule has 1 aromatic carbocycles. The first-order chi connectivity index (χ1) is 18.7. The highest BCUT2D eigenvalue weighted by atomic mass is 35.5. The summed E-state index contributed by atoms with van der Waals surface area (Å²) in [4.78, 5) is 35.9. The minimum absolute atomic E-state index is 0.0993. The van der Waals surface area contributed by atoms with E-state index in [1.54, 1.807) is 19.3 Å². The number of aromatic nitrogens is 3. The number of hydrogen-bond acceptors (Lipinski definition) is 8. The van der Waals surface area contributed by atoms with Crippen molar-refractivity contribution >= 4 is 45.9 Å². The van der Waals surface area contributed by atoms with E-state index in [4.69, 9.17) is 27.1 Å². The third-order valence-electron chi connectivity index (χ3n) is 8.55. The zero-order chi connectivity index (χ0) is 27.8. The molecule has 1 amide bonds. The molecule has 5 atom stereocenters. The summed E-state index contributed by atoms with van der Waals surface area (Å²) in [5.41, 5.74) is 7.50. The average molecular weight is 554 g/mol. The minimum atomic E-state index is -0.318. The van der Waals surface area contributed by atoms with E-state index in [1.807, 2.05) is 18.2 Å². The van der Waals surface area contributed by atoms with E-state index < -0.39 is 0 Å². The Kier molecular flexibility index (Phi) is 7.68. The number of piperidine rings is 1. The van der Waals surface area contributed by atoms with Crippen LogP contribution in [0, 0.1) is 23.7 Å². The van der Waals surface area contributed by atoms with Gasteiger partial charge < -0.3 is 30.6 Å². The third kappa shape index (κ3) is 5.40. The fourth-order valence-corrected chi connectivity index (χ4v) is 5.93. The van der Waals surface area contributed by atoms with Crippen LogP contribution in [-0.4, -0.2) is 53.2 Å². The molecule has 0 bridgehead atoms. The fourth-order valence-electron chi connectivity index (χ4n) is 5.79. The normalized spacial score (nSPS) is 24.8. The molecule has 2 aromatic heterocycles. The molecule has 3 aromatic rings. The summed E-state index contributed by atoms with van der Waals surface area (Å²) in [6.07, 6.45) is 3.93. The first-order valence-corrected chi connectivity index (χ1v) is 13.8. The van der Waals surface area contributed by atoms with Crippen LogP contribution in [0.5, 0.6) is 5.75 Å². The molecule has 2 aliphatic rings. The Bertz CT molecular complexity index is 1440. The van der Waals surface area contributed by atoms with Crippen LogP contribution < -0.4 is 31.6 Å². The van der Waals surface area contributed by atoms with Gasteiger partial charge >= 0.3 is 0 Å². The van der Waals surface area contributed by atoms with Gasteiger partial charge in [0.1, 0.15) is 5.02 Å². The molecular formula is C28H36ClN7O3. The zero-order valence-electron chi connectivity index (χ0n) is 22.8. The van der Waals surface area contributed by atoms with E-state index >= 15 is 0 Å². The van der Waals surface area contributed by atoms with Crippen molar-refractivity contribution in [2.45, 2.75) is 32.7 Å². The number of aryl methyl sites for hydroxylation is 1. The second-order valence-corrected chi connectivity index (χ2v) is 11.3. The number of rotatable bonds is 7. The van der Waals surface area contributed by atoms with Crippen molar-refractivity contribution in [2.24, 2.45) is 36.5 Å². The molecule has 0 radical (unpaired) electrons. The maximum Gasteiger partial charge on any atom is 0.293 e. The number of benzene rings is 1. The molecule has 39 heavy (non-hydrogen) atoms. The Labute approximate surface area is 232 Å². The van der Waals surface area contributed by atoms with E-state index in [9.17, 15) is 9.59 Å². The Morgan fingerprint density at radius 1 is 1.21 bits per heavy atom. The maximum absolute atomic E-state index is 12.7. The maximum atomic E-state index is 12.7. The first-order valence-electron chi connectivity index (χ1n) is 13.4. The monoisotopic (exact) mass is 553 g/mol. The quantitative estimate of drug-likeness (QED) is 0.407. The molecule has 0 spiro atoms. The summed E-state index contributed by atoms with van der Waals surface area (Å²) in [7, 11) is 3.18. The lowest BCUT2D eigenvalue weighted by molar-refractivity contribution is -0.122. The number of nitrogens with two attached hydrogens (primary N) is 1. The summed E-state index contributed by atoms with van der Waals surface area (Å²) in [6.45, 7) is 6.16. The van der Waals surface area contributed by atoms with Crippen molar-refractivity contribution in [3.63, 3.8) is 0 Å². The smallest absolute Gasteiger partial charge is 0.293 e. The first kappa shape index (κ1) is 27.2. The van der Waals surface area contributed by atoms with Crippen molar-refractivity contribution in [1.29, 1.82) is 0 Å². The van der Waals surface area contributed by atoms with Gasteiger partial charge in [0.05, 0.1) is 11.7 Å². The van der Waals surface area contributed by atoms with Gasteiger partial charge in [-0.3, -0.25) is 9.59 Å². The van der Waals surface area contributed by atoms with Crippen molar-refractivity contribution in [1.82, 2.24) is 19.9 Å². The summed E-state index contributed by atoms with van der Waals surface area (Å²) in [6, 6.07) is 7.52. The SMILES string of the molecule is CNC(=O)COc1cc2cc(Nc3nc(N4CC(C)C(C)C(C5CCC5N)C4)ncc3Cl)ccc2n(C)c1=O. The van der Waals surface area contributed by atoms with E-state index in [2.05, 4.69) is 34.4 Å². The van der Waals surface area contributed by atoms with Gasteiger partial charge in [0, 0.05) is 44.3 Å². The summed E-state index contributed by atoms with van der Waals surface area (Å²) >= 11 is 6.51. The lowest BCUT2D eigenvalue weighted by Crippen LogP contribution is -2.54. The fraction of sp³-hybridized carbons (Fsp3) is 0.500. The minimum Gasteiger partial charge on any atom is -0.478 e. The van der Waals surface area contributed by atoms with Crippen LogP contribution in [0.4, 0.5) is 17.5 Å². The van der Waals surface area contributed by atoms with Gasteiger partial charge in [0.2, 0.25) is 5.95 Å². The molecule has 1 saturated carbocycles. The average Bonchev–Trinajstić information content (AvgIpc) is 2.92. The molecule has 3 heterocycles. The molecular weight excluding hydrogens is 518 g/mol. The van der Waals surface area contributed by atoms with E-state index in [1.165, 1.54) is 18.0 Å². The van der Waals surface area contributed by atoms with Crippen molar-refractivity contribution in [3.8, 4) is 5.75 Å².